The van der Waals surface area contributed by atoms with Crippen molar-refractivity contribution in [1.29, 1.82) is 0 Å². The highest BCUT2D eigenvalue weighted by Gasteiger charge is 2.38. The van der Waals surface area contributed by atoms with Crippen molar-refractivity contribution in [3.05, 3.63) is 75.6 Å². The van der Waals surface area contributed by atoms with Crippen molar-refractivity contribution >= 4 is 41.0 Å². The number of aromatic nitrogens is 1. The number of carbonyl (C=O) groups is 1. The van der Waals surface area contributed by atoms with Gasteiger partial charge in [-0.05, 0) is 37.4 Å². The van der Waals surface area contributed by atoms with Gasteiger partial charge in [0.25, 0.3) is 0 Å². The number of nitrogens with zero attached hydrogens (tertiary/aromatic N) is 2. The van der Waals surface area contributed by atoms with Gasteiger partial charge in [0.15, 0.2) is 11.6 Å². The predicted molar refractivity (Wildman–Crippen MR) is 130 cm³/mol. The van der Waals surface area contributed by atoms with E-state index in [9.17, 15) is 23.5 Å². The number of halogens is 5. The Morgan fingerprint density at radius 1 is 1.17 bits per heavy atom. The number of anilines is 1. The summed E-state index contributed by atoms with van der Waals surface area (Å²) in [6.07, 6.45) is 3.62. The number of fused-ring (bicyclic) bond motifs is 2. The Kier molecular flexibility index (Phi) is 6.85. The van der Waals surface area contributed by atoms with E-state index in [2.05, 4.69) is 11.9 Å². The van der Waals surface area contributed by atoms with E-state index in [0.29, 0.717) is 19.2 Å². The number of carboxylic acids is 1. The smallest absolute Gasteiger partial charge is 0.341 e. The molecule has 3 heterocycles. The summed E-state index contributed by atoms with van der Waals surface area (Å²) in [5, 5.41) is 12.3. The van der Waals surface area contributed by atoms with Gasteiger partial charge in [0.2, 0.25) is 5.43 Å². The summed E-state index contributed by atoms with van der Waals surface area (Å²) in [6, 6.07) is 2.49. The number of pyridine rings is 1. The normalized spacial score (nSPS) is 19.2. The standard InChI is InChI=1S/C25H21F4N3O3.ClH/c1-2-14-19-22(21(29)23(20(14)28)31-9-12-4-3-7-30-17(12)11-31)32(10-15(24(19)33)25(34)35)18-6-5-13(26)8-16(18)27;/h2,5-6,8,10,12,17,30H,1,3-4,7,9,11H2,(H,34,35);1H/t12-,17+;/m0./s1. The highest BCUT2D eigenvalue weighted by atomic mass is 35.5. The van der Waals surface area contributed by atoms with Crippen molar-refractivity contribution in [2.24, 2.45) is 5.92 Å². The van der Waals surface area contributed by atoms with Crippen molar-refractivity contribution in [1.82, 2.24) is 9.88 Å². The van der Waals surface area contributed by atoms with Crippen LogP contribution >= 0.6 is 12.4 Å². The molecule has 0 saturated carbocycles. The predicted octanol–water partition coefficient (Wildman–Crippen LogP) is 4.50. The van der Waals surface area contributed by atoms with E-state index >= 15 is 8.78 Å². The number of benzene rings is 2. The van der Waals surface area contributed by atoms with Gasteiger partial charge in [-0.15, -0.1) is 12.4 Å². The minimum absolute atomic E-state index is 0. The van der Waals surface area contributed by atoms with Crippen LogP contribution in [0.3, 0.4) is 0 Å². The largest absolute Gasteiger partial charge is 0.477 e. The molecule has 3 aromatic rings. The molecule has 0 spiro atoms. The van der Waals surface area contributed by atoms with E-state index in [4.69, 9.17) is 0 Å². The van der Waals surface area contributed by atoms with Gasteiger partial charge in [-0.2, -0.15) is 0 Å². The van der Waals surface area contributed by atoms with Crippen LogP contribution < -0.4 is 15.6 Å². The van der Waals surface area contributed by atoms with Crippen LogP contribution in [0.1, 0.15) is 28.8 Å². The molecule has 6 nitrogen and oxygen atoms in total. The Bertz CT molecular complexity index is 1450. The average molecular weight is 524 g/mol. The molecule has 2 atom stereocenters. The lowest BCUT2D eigenvalue weighted by molar-refractivity contribution is 0.0695. The Morgan fingerprint density at radius 2 is 1.92 bits per heavy atom. The summed E-state index contributed by atoms with van der Waals surface area (Å²) in [4.78, 5) is 26.4. The molecule has 11 heteroatoms. The molecule has 0 bridgehead atoms. The Labute approximate surface area is 209 Å². The van der Waals surface area contributed by atoms with Gasteiger partial charge in [-0.25, -0.2) is 22.4 Å². The van der Waals surface area contributed by atoms with E-state index in [1.54, 1.807) is 4.90 Å². The number of hydrogen-bond donors (Lipinski definition) is 2. The molecule has 0 aliphatic carbocycles. The molecule has 0 amide bonds. The second kappa shape index (κ2) is 9.59. The third-order valence-electron chi connectivity index (χ3n) is 6.86. The van der Waals surface area contributed by atoms with E-state index in [1.165, 1.54) is 0 Å². The summed E-state index contributed by atoms with van der Waals surface area (Å²) in [5.41, 5.74) is -3.66. The Morgan fingerprint density at radius 3 is 2.56 bits per heavy atom. The minimum Gasteiger partial charge on any atom is -0.477 e. The fourth-order valence-electron chi connectivity index (χ4n) is 5.24. The summed E-state index contributed by atoms with van der Waals surface area (Å²) < 4.78 is 61.1. The molecular formula is C25H22ClF4N3O3. The zero-order chi connectivity index (χ0) is 25.0. The van der Waals surface area contributed by atoms with Crippen LogP contribution in [0.5, 0.6) is 0 Å². The van der Waals surface area contributed by atoms with E-state index in [1.807, 2.05) is 0 Å². The highest BCUT2D eigenvalue weighted by Crippen LogP contribution is 2.38. The third-order valence-corrected chi connectivity index (χ3v) is 6.86. The molecule has 2 aliphatic heterocycles. The first kappa shape index (κ1) is 25.7. The first-order chi connectivity index (χ1) is 16.7. The third kappa shape index (κ3) is 3.94. The number of rotatable bonds is 4. The van der Waals surface area contributed by atoms with Gasteiger partial charge in [0, 0.05) is 37.0 Å². The van der Waals surface area contributed by atoms with E-state index in [-0.39, 0.29) is 29.9 Å². The van der Waals surface area contributed by atoms with Crippen molar-refractivity contribution in [3.8, 4) is 5.69 Å². The van der Waals surface area contributed by atoms with Crippen molar-refractivity contribution in [3.63, 3.8) is 0 Å². The van der Waals surface area contributed by atoms with Crippen LogP contribution in [0.25, 0.3) is 22.7 Å². The Balaban J connectivity index is 0.00000304. The van der Waals surface area contributed by atoms with Gasteiger partial charge >= 0.3 is 5.97 Å². The quantitative estimate of drug-likeness (QED) is 0.493. The number of hydrogen-bond acceptors (Lipinski definition) is 4. The lowest BCUT2D eigenvalue weighted by atomic mass is 9.94. The first-order valence-electron chi connectivity index (χ1n) is 11.1. The fourth-order valence-corrected chi connectivity index (χ4v) is 5.24. The molecule has 2 N–H and O–H groups in total. The molecule has 0 unspecified atom stereocenters. The molecule has 2 fully saturated rings. The number of carboxylic acid groups (broad SMARTS) is 1. The van der Waals surface area contributed by atoms with Crippen LogP contribution in [0.4, 0.5) is 23.2 Å². The summed E-state index contributed by atoms with van der Waals surface area (Å²) in [7, 11) is 0. The Hall–Kier alpha value is -3.37. The van der Waals surface area contributed by atoms with Crippen LogP contribution in [0, 0.1) is 29.2 Å². The molecule has 36 heavy (non-hydrogen) atoms. The van der Waals surface area contributed by atoms with Gasteiger partial charge in [-0.1, -0.05) is 12.7 Å². The lowest BCUT2D eigenvalue weighted by Crippen LogP contribution is -2.40. The summed E-state index contributed by atoms with van der Waals surface area (Å²) in [5.74, 6) is -5.69. The van der Waals surface area contributed by atoms with Gasteiger partial charge < -0.3 is 19.9 Å². The van der Waals surface area contributed by atoms with Crippen molar-refractivity contribution in [2.75, 3.05) is 24.5 Å². The molecule has 190 valence electrons. The van der Waals surface area contributed by atoms with Crippen LogP contribution in [0.2, 0.25) is 0 Å². The topological polar surface area (TPSA) is 74.6 Å². The monoisotopic (exact) mass is 523 g/mol. The lowest BCUT2D eigenvalue weighted by Gasteiger charge is -2.24. The number of piperidine rings is 1. The van der Waals surface area contributed by atoms with Gasteiger partial charge in [0.1, 0.15) is 22.9 Å². The van der Waals surface area contributed by atoms with E-state index < -0.39 is 62.5 Å². The zero-order valence-electron chi connectivity index (χ0n) is 18.9. The molecule has 2 saturated heterocycles. The molecule has 0 radical (unpaired) electrons. The second-order valence-corrected chi connectivity index (χ2v) is 8.83. The summed E-state index contributed by atoms with van der Waals surface area (Å²) >= 11 is 0. The first-order valence-corrected chi connectivity index (χ1v) is 11.1. The molecule has 2 aromatic carbocycles. The SMILES string of the molecule is C=Cc1c(F)c(N2C[C@@H]3CCCN[C@@H]3C2)c(F)c2c1c(=O)c(C(=O)O)cn2-c1ccc(F)cc1F.Cl. The fraction of sp³-hybridized carbons (Fsp3) is 0.280. The van der Waals surface area contributed by atoms with Crippen LogP contribution in [-0.2, 0) is 0 Å². The minimum atomic E-state index is -1.66. The second-order valence-electron chi connectivity index (χ2n) is 8.83. The van der Waals surface area contributed by atoms with Crippen LogP contribution in [-0.4, -0.2) is 41.3 Å². The molecule has 1 aromatic heterocycles. The van der Waals surface area contributed by atoms with E-state index in [0.717, 1.165) is 48.4 Å². The van der Waals surface area contributed by atoms with Crippen molar-refractivity contribution in [2.45, 2.75) is 18.9 Å². The molecular weight excluding hydrogens is 502 g/mol. The molecule has 2 aliphatic rings. The highest BCUT2D eigenvalue weighted by molar-refractivity contribution is 5.98. The maximum Gasteiger partial charge on any atom is 0.341 e. The maximum absolute atomic E-state index is 16.2. The van der Waals surface area contributed by atoms with Crippen molar-refractivity contribution < 1.29 is 27.5 Å². The summed E-state index contributed by atoms with van der Waals surface area (Å²) in [6.45, 7) is 5.04. The number of aromatic carboxylic acids is 1. The number of nitrogens with one attached hydrogen (secondary N) is 1. The molecule has 5 rings (SSSR count). The zero-order valence-corrected chi connectivity index (χ0v) is 19.7. The van der Waals surface area contributed by atoms with Gasteiger partial charge in [0.05, 0.1) is 16.6 Å². The maximum atomic E-state index is 16.2. The van der Waals surface area contributed by atoms with Gasteiger partial charge in [-0.3, -0.25) is 4.79 Å². The average Bonchev–Trinajstić information content (AvgIpc) is 3.23. The van der Waals surface area contributed by atoms with Crippen LogP contribution in [0.15, 0.2) is 35.8 Å².